The summed E-state index contributed by atoms with van der Waals surface area (Å²) in [5.41, 5.74) is 0. The van der Waals surface area contributed by atoms with E-state index in [1.54, 1.807) is 6.92 Å². The maximum absolute atomic E-state index is 13.2. The first-order valence-electron chi connectivity index (χ1n) is 4.17. The molecule has 1 atom stereocenters. The summed E-state index contributed by atoms with van der Waals surface area (Å²) in [7, 11) is 0. The zero-order valence-electron chi connectivity index (χ0n) is 7.10. The molecule has 0 radical (unpaired) electrons. The highest BCUT2D eigenvalue weighted by Gasteiger charge is 2.42. The molecular formula is C8H15FO2. The zero-order valence-corrected chi connectivity index (χ0v) is 7.10. The molecule has 1 aliphatic heterocycles. The van der Waals surface area contributed by atoms with E-state index in [1.807, 2.05) is 6.92 Å². The maximum Gasteiger partial charge on any atom is 0.199 e. The summed E-state index contributed by atoms with van der Waals surface area (Å²) in [5, 5.41) is 0. The highest BCUT2D eigenvalue weighted by molar-refractivity contribution is 4.80. The van der Waals surface area contributed by atoms with Crippen LogP contribution >= 0.6 is 0 Å². The molecule has 1 saturated heterocycles. The second-order valence-electron chi connectivity index (χ2n) is 2.74. The normalized spacial score (nSPS) is 25.4. The van der Waals surface area contributed by atoms with Gasteiger partial charge in [-0.25, -0.2) is 4.39 Å². The molecule has 1 unspecified atom stereocenters. The minimum absolute atomic E-state index is 0.452. The molecule has 0 aromatic rings. The summed E-state index contributed by atoms with van der Waals surface area (Å²) in [6, 6.07) is 0. The van der Waals surface area contributed by atoms with Crippen LogP contribution in [0.25, 0.3) is 0 Å². The van der Waals surface area contributed by atoms with Gasteiger partial charge in [0.15, 0.2) is 12.0 Å². The Balaban J connectivity index is 2.58. The summed E-state index contributed by atoms with van der Waals surface area (Å²) in [6.45, 7) is 4.73. The molecule has 0 N–H and O–H groups in total. The lowest BCUT2D eigenvalue weighted by atomic mass is 10.1. The molecule has 0 amide bonds. The summed E-state index contributed by atoms with van der Waals surface area (Å²) in [6.07, 6.45) is 0.0468. The molecule has 1 heterocycles. The van der Waals surface area contributed by atoms with Crippen molar-refractivity contribution in [2.75, 3.05) is 13.2 Å². The Bertz CT molecular complexity index is 121. The van der Waals surface area contributed by atoms with Crippen LogP contribution in [0.4, 0.5) is 4.39 Å². The van der Waals surface area contributed by atoms with Crippen molar-refractivity contribution in [3.05, 3.63) is 0 Å². The standard InChI is InChI=1S/C8H15FO2/c1-3-7(9)8(4-2)10-5-6-11-8/h7H,3-6H2,1-2H3. The van der Waals surface area contributed by atoms with Crippen LogP contribution in [0, 0.1) is 0 Å². The predicted molar refractivity (Wildman–Crippen MR) is 40.1 cm³/mol. The van der Waals surface area contributed by atoms with Crippen molar-refractivity contribution in [3.63, 3.8) is 0 Å². The smallest absolute Gasteiger partial charge is 0.199 e. The zero-order chi connectivity index (χ0) is 8.32. The molecule has 11 heavy (non-hydrogen) atoms. The molecule has 0 aliphatic carbocycles. The molecule has 0 aromatic heterocycles. The van der Waals surface area contributed by atoms with Gasteiger partial charge in [0, 0.05) is 6.42 Å². The van der Waals surface area contributed by atoms with Gasteiger partial charge in [-0.2, -0.15) is 0 Å². The highest BCUT2D eigenvalue weighted by Crippen LogP contribution is 2.30. The van der Waals surface area contributed by atoms with Crippen molar-refractivity contribution in [2.24, 2.45) is 0 Å². The minimum atomic E-state index is -0.991. The first-order chi connectivity index (χ1) is 5.25. The molecule has 66 valence electrons. The first kappa shape index (κ1) is 8.94. The first-order valence-corrected chi connectivity index (χ1v) is 4.17. The van der Waals surface area contributed by atoms with Crippen molar-refractivity contribution >= 4 is 0 Å². The van der Waals surface area contributed by atoms with Crippen LogP contribution in [-0.4, -0.2) is 25.2 Å². The average Bonchev–Trinajstić information content (AvgIpc) is 2.52. The van der Waals surface area contributed by atoms with Crippen molar-refractivity contribution in [3.8, 4) is 0 Å². The van der Waals surface area contributed by atoms with Crippen LogP contribution in [0.2, 0.25) is 0 Å². The van der Waals surface area contributed by atoms with E-state index >= 15 is 0 Å². The Hall–Kier alpha value is -0.150. The van der Waals surface area contributed by atoms with Gasteiger partial charge in [0.25, 0.3) is 0 Å². The van der Waals surface area contributed by atoms with Gasteiger partial charge in [-0.3, -0.25) is 0 Å². The van der Waals surface area contributed by atoms with Gasteiger partial charge in [-0.15, -0.1) is 0 Å². The molecule has 0 aromatic carbocycles. The van der Waals surface area contributed by atoms with E-state index in [2.05, 4.69) is 0 Å². The number of hydrogen-bond donors (Lipinski definition) is 0. The monoisotopic (exact) mass is 162 g/mol. The maximum atomic E-state index is 13.2. The third kappa shape index (κ3) is 1.54. The second kappa shape index (κ2) is 3.50. The SMILES string of the molecule is CCC(F)C1(CC)OCCO1. The Morgan fingerprint density at radius 2 is 1.91 bits per heavy atom. The van der Waals surface area contributed by atoms with Crippen LogP contribution in [0.15, 0.2) is 0 Å². The molecule has 0 bridgehead atoms. The van der Waals surface area contributed by atoms with Crippen LogP contribution in [-0.2, 0) is 9.47 Å². The lowest BCUT2D eigenvalue weighted by molar-refractivity contribution is -0.202. The summed E-state index contributed by atoms with van der Waals surface area (Å²) in [5.74, 6) is -0.922. The quantitative estimate of drug-likeness (QED) is 0.631. The van der Waals surface area contributed by atoms with Crippen molar-refractivity contribution < 1.29 is 13.9 Å². The number of rotatable bonds is 3. The number of hydrogen-bond acceptors (Lipinski definition) is 2. The van der Waals surface area contributed by atoms with Crippen LogP contribution in [0.1, 0.15) is 26.7 Å². The van der Waals surface area contributed by atoms with Crippen molar-refractivity contribution in [1.29, 1.82) is 0 Å². The summed E-state index contributed by atoms with van der Waals surface area (Å²) >= 11 is 0. The van der Waals surface area contributed by atoms with E-state index in [4.69, 9.17) is 9.47 Å². The van der Waals surface area contributed by atoms with E-state index in [0.717, 1.165) is 0 Å². The minimum Gasteiger partial charge on any atom is -0.345 e. The van der Waals surface area contributed by atoms with Crippen LogP contribution in [0.3, 0.4) is 0 Å². The van der Waals surface area contributed by atoms with E-state index in [9.17, 15) is 4.39 Å². The summed E-state index contributed by atoms with van der Waals surface area (Å²) < 4.78 is 23.7. The van der Waals surface area contributed by atoms with Gasteiger partial charge in [-0.05, 0) is 6.42 Å². The second-order valence-corrected chi connectivity index (χ2v) is 2.74. The van der Waals surface area contributed by atoms with E-state index in [1.165, 1.54) is 0 Å². The van der Waals surface area contributed by atoms with Gasteiger partial charge >= 0.3 is 0 Å². The highest BCUT2D eigenvalue weighted by atomic mass is 19.1. The molecule has 1 rings (SSSR count). The Kier molecular flexibility index (Phi) is 2.84. The van der Waals surface area contributed by atoms with Gasteiger partial charge < -0.3 is 9.47 Å². The third-order valence-corrected chi connectivity index (χ3v) is 2.10. The van der Waals surface area contributed by atoms with Crippen LogP contribution in [0.5, 0.6) is 0 Å². The van der Waals surface area contributed by atoms with Crippen molar-refractivity contribution in [2.45, 2.75) is 38.6 Å². The van der Waals surface area contributed by atoms with Crippen LogP contribution < -0.4 is 0 Å². The molecule has 1 aliphatic rings. The van der Waals surface area contributed by atoms with E-state index in [0.29, 0.717) is 26.1 Å². The largest absolute Gasteiger partial charge is 0.345 e. The Labute approximate surface area is 66.7 Å². The average molecular weight is 162 g/mol. The molecule has 3 heteroatoms. The third-order valence-electron chi connectivity index (χ3n) is 2.10. The molecular weight excluding hydrogens is 147 g/mol. The van der Waals surface area contributed by atoms with Gasteiger partial charge in [0.2, 0.25) is 0 Å². The number of alkyl halides is 1. The Morgan fingerprint density at radius 3 is 2.27 bits per heavy atom. The predicted octanol–water partition coefficient (Wildman–Crippen LogP) is 1.89. The molecule has 1 fully saturated rings. The lowest BCUT2D eigenvalue weighted by Crippen LogP contribution is -2.39. The van der Waals surface area contributed by atoms with Crippen molar-refractivity contribution in [1.82, 2.24) is 0 Å². The van der Waals surface area contributed by atoms with Gasteiger partial charge in [-0.1, -0.05) is 13.8 Å². The Morgan fingerprint density at radius 1 is 1.36 bits per heavy atom. The molecule has 0 saturated carbocycles. The van der Waals surface area contributed by atoms with E-state index < -0.39 is 12.0 Å². The molecule has 2 nitrogen and oxygen atoms in total. The fraction of sp³-hybridized carbons (Fsp3) is 1.00. The fourth-order valence-corrected chi connectivity index (χ4v) is 1.39. The fourth-order valence-electron chi connectivity index (χ4n) is 1.39. The summed E-state index contributed by atoms with van der Waals surface area (Å²) in [4.78, 5) is 0. The topological polar surface area (TPSA) is 18.5 Å². The van der Waals surface area contributed by atoms with Gasteiger partial charge in [0.05, 0.1) is 13.2 Å². The lowest BCUT2D eigenvalue weighted by Gasteiger charge is -2.28. The molecule has 0 spiro atoms. The van der Waals surface area contributed by atoms with E-state index in [-0.39, 0.29) is 0 Å². The number of halogens is 1. The van der Waals surface area contributed by atoms with Gasteiger partial charge in [0.1, 0.15) is 0 Å². The number of ether oxygens (including phenoxy) is 2.